The fourth-order valence-electron chi connectivity index (χ4n) is 5.63. The van der Waals surface area contributed by atoms with E-state index in [1.54, 1.807) is 0 Å². The van der Waals surface area contributed by atoms with Gasteiger partial charge < -0.3 is 14.6 Å². The van der Waals surface area contributed by atoms with Gasteiger partial charge in [-0.1, -0.05) is 166 Å². The summed E-state index contributed by atoms with van der Waals surface area (Å²) < 4.78 is 11.1. The van der Waals surface area contributed by atoms with Crippen LogP contribution in [0.2, 0.25) is 0 Å². The zero-order valence-corrected chi connectivity index (χ0v) is 30.8. The summed E-state index contributed by atoms with van der Waals surface area (Å²) >= 11 is 0. The van der Waals surface area contributed by atoms with E-state index in [2.05, 4.69) is 50.3 Å². The van der Waals surface area contributed by atoms with Crippen molar-refractivity contribution in [3.8, 4) is 0 Å². The molecule has 0 aromatic rings. The molecule has 0 radical (unpaired) electrons. The molecule has 0 spiro atoms. The van der Waals surface area contributed by atoms with Gasteiger partial charge in [-0.15, -0.1) is 0 Å². The van der Waals surface area contributed by atoms with Gasteiger partial charge in [0.15, 0.2) is 0 Å². The van der Waals surface area contributed by atoms with Gasteiger partial charge in [-0.05, 0) is 64.2 Å². The van der Waals surface area contributed by atoms with Crippen LogP contribution in [0.15, 0.2) is 36.5 Å². The van der Waals surface area contributed by atoms with Crippen molar-refractivity contribution in [2.45, 2.75) is 206 Å². The second-order valence-corrected chi connectivity index (χ2v) is 13.3. The summed E-state index contributed by atoms with van der Waals surface area (Å²) in [6.07, 6.45) is 49.1. The molecule has 0 saturated heterocycles. The van der Waals surface area contributed by atoms with Gasteiger partial charge in [0.2, 0.25) is 0 Å². The molecule has 0 aliphatic rings. The number of esters is 1. The molecule has 0 aliphatic carbocycles. The average molecular weight is 647 g/mol. The Kier molecular flexibility index (Phi) is 38.6. The zero-order valence-electron chi connectivity index (χ0n) is 30.8. The van der Waals surface area contributed by atoms with E-state index in [1.165, 1.54) is 141 Å². The van der Waals surface area contributed by atoms with Gasteiger partial charge in [0, 0.05) is 13.0 Å². The number of hydrogen-bond donors (Lipinski definition) is 1. The quantitative estimate of drug-likeness (QED) is 0.0414. The summed E-state index contributed by atoms with van der Waals surface area (Å²) in [7, 11) is 0. The van der Waals surface area contributed by atoms with E-state index in [9.17, 15) is 9.90 Å². The van der Waals surface area contributed by atoms with Crippen LogP contribution in [0.1, 0.15) is 200 Å². The maximum atomic E-state index is 12.1. The van der Waals surface area contributed by atoms with Crippen molar-refractivity contribution < 1.29 is 19.4 Å². The molecule has 1 atom stereocenters. The molecule has 0 bridgehead atoms. The number of hydrogen-bond acceptors (Lipinski definition) is 4. The molecule has 0 saturated carbocycles. The van der Waals surface area contributed by atoms with Crippen LogP contribution in [0, 0.1) is 0 Å². The molecule has 0 aromatic heterocycles. The second kappa shape index (κ2) is 39.8. The van der Waals surface area contributed by atoms with Crippen molar-refractivity contribution in [1.82, 2.24) is 0 Å². The van der Waals surface area contributed by atoms with Gasteiger partial charge >= 0.3 is 5.97 Å². The van der Waals surface area contributed by atoms with E-state index in [4.69, 9.17) is 9.47 Å². The Morgan fingerprint density at radius 2 is 0.935 bits per heavy atom. The molecule has 0 amide bonds. The van der Waals surface area contributed by atoms with E-state index in [0.29, 0.717) is 19.6 Å². The molecule has 4 nitrogen and oxygen atoms in total. The van der Waals surface area contributed by atoms with Gasteiger partial charge in [-0.2, -0.15) is 0 Å². The first-order valence-corrected chi connectivity index (χ1v) is 20.1. The highest BCUT2D eigenvalue weighted by Gasteiger charge is 2.13. The molecule has 0 aromatic carbocycles. The van der Waals surface area contributed by atoms with E-state index < -0.39 is 6.10 Å². The first-order chi connectivity index (χ1) is 22.7. The predicted molar refractivity (Wildman–Crippen MR) is 200 cm³/mol. The number of ether oxygens (including phenoxy) is 2. The predicted octanol–water partition coefficient (Wildman–Crippen LogP) is 12.9. The maximum Gasteiger partial charge on any atom is 0.306 e. The summed E-state index contributed by atoms with van der Waals surface area (Å²) in [6, 6.07) is 0. The molecule has 0 heterocycles. The Morgan fingerprint density at radius 3 is 1.43 bits per heavy atom. The average Bonchev–Trinajstić information content (AvgIpc) is 3.06. The van der Waals surface area contributed by atoms with Gasteiger partial charge in [0.05, 0.1) is 13.2 Å². The van der Waals surface area contributed by atoms with Crippen LogP contribution in [0.25, 0.3) is 0 Å². The van der Waals surface area contributed by atoms with Crippen LogP contribution < -0.4 is 0 Å². The number of aliphatic hydroxyl groups excluding tert-OH is 1. The molecule has 0 aliphatic heterocycles. The van der Waals surface area contributed by atoms with Crippen molar-refractivity contribution in [3.05, 3.63) is 36.5 Å². The molecule has 1 unspecified atom stereocenters. The van der Waals surface area contributed by atoms with E-state index in [-0.39, 0.29) is 12.6 Å². The molecule has 4 heteroatoms. The smallest absolute Gasteiger partial charge is 0.306 e. The summed E-state index contributed by atoms with van der Waals surface area (Å²) in [4.78, 5) is 12.1. The van der Waals surface area contributed by atoms with Crippen molar-refractivity contribution in [3.63, 3.8) is 0 Å². The van der Waals surface area contributed by atoms with Crippen molar-refractivity contribution in [2.24, 2.45) is 0 Å². The van der Waals surface area contributed by atoms with Crippen molar-refractivity contribution in [1.29, 1.82) is 0 Å². The third-order valence-corrected chi connectivity index (χ3v) is 8.69. The van der Waals surface area contributed by atoms with E-state index >= 15 is 0 Å². The number of carbonyl (C=O) groups excluding carboxylic acids is 1. The van der Waals surface area contributed by atoms with Crippen LogP contribution in [-0.2, 0) is 14.3 Å². The standard InChI is InChI=1S/C42H78O4/c1-3-5-7-9-11-13-15-17-19-20-21-22-23-24-26-28-30-32-34-36-38-45-40-41(39-43)46-42(44)37-35-33-31-29-27-25-18-16-14-12-10-8-6-4-2/h10,12,16-19,41,43H,3-9,11,13-15,20-40H2,1-2H3/b12-10-,18-16-,19-17-. The van der Waals surface area contributed by atoms with Gasteiger partial charge in [-0.25, -0.2) is 0 Å². The highest BCUT2D eigenvalue weighted by atomic mass is 16.6. The number of unbranched alkanes of at least 4 members (excludes halogenated alkanes) is 23. The highest BCUT2D eigenvalue weighted by Crippen LogP contribution is 2.13. The topological polar surface area (TPSA) is 55.8 Å². The lowest BCUT2D eigenvalue weighted by Crippen LogP contribution is -2.27. The molecule has 46 heavy (non-hydrogen) atoms. The van der Waals surface area contributed by atoms with Crippen LogP contribution in [-0.4, -0.2) is 37.0 Å². The molecular weight excluding hydrogens is 568 g/mol. The maximum absolute atomic E-state index is 12.1. The van der Waals surface area contributed by atoms with Gasteiger partial charge in [-0.3, -0.25) is 4.79 Å². The fourth-order valence-corrected chi connectivity index (χ4v) is 5.63. The lowest BCUT2D eigenvalue weighted by molar-refractivity contribution is -0.154. The monoisotopic (exact) mass is 647 g/mol. The summed E-state index contributed by atoms with van der Waals surface area (Å²) in [5.41, 5.74) is 0. The van der Waals surface area contributed by atoms with Crippen molar-refractivity contribution >= 4 is 5.97 Å². The minimum atomic E-state index is -0.540. The Hall–Kier alpha value is -1.39. The van der Waals surface area contributed by atoms with Gasteiger partial charge in [0.25, 0.3) is 0 Å². The SMILES string of the molecule is CCCC/C=C\C/C=C\CCCCCCCC(=O)OC(CO)COCCCCCCCCCCCC/C=C\CCCCCCCC. The molecule has 270 valence electrons. The Balaban J connectivity index is 3.43. The molecule has 0 rings (SSSR count). The third kappa shape index (κ3) is 37.1. The van der Waals surface area contributed by atoms with Gasteiger partial charge in [0.1, 0.15) is 6.10 Å². The summed E-state index contributed by atoms with van der Waals surface area (Å²) in [6.45, 7) is 5.30. The van der Waals surface area contributed by atoms with E-state index in [1.807, 2.05) is 0 Å². The second-order valence-electron chi connectivity index (χ2n) is 13.3. The van der Waals surface area contributed by atoms with Crippen molar-refractivity contribution in [2.75, 3.05) is 19.8 Å². The lowest BCUT2D eigenvalue weighted by atomic mass is 10.1. The summed E-state index contributed by atoms with van der Waals surface area (Å²) in [5, 5.41) is 9.57. The van der Waals surface area contributed by atoms with Crippen LogP contribution in [0.5, 0.6) is 0 Å². The minimum absolute atomic E-state index is 0.177. The zero-order chi connectivity index (χ0) is 33.4. The normalized spacial score (nSPS) is 12.7. The molecular formula is C42H78O4. The van der Waals surface area contributed by atoms with Crippen LogP contribution in [0.3, 0.4) is 0 Å². The number of allylic oxidation sites excluding steroid dienone is 6. The third-order valence-electron chi connectivity index (χ3n) is 8.69. The Morgan fingerprint density at radius 1 is 0.522 bits per heavy atom. The Bertz CT molecular complexity index is 683. The van der Waals surface area contributed by atoms with E-state index in [0.717, 1.165) is 38.5 Å². The molecule has 0 fully saturated rings. The fraction of sp³-hybridized carbons (Fsp3) is 0.833. The highest BCUT2D eigenvalue weighted by molar-refractivity contribution is 5.69. The lowest BCUT2D eigenvalue weighted by Gasteiger charge is -2.15. The first kappa shape index (κ1) is 44.6. The number of carbonyl (C=O) groups is 1. The number of rotatable bonds is 37. The molecule has 1 N–H and O–H groups in total. The Labute approximate surface area is 287 Å². The minimum Gasteiger partial charge on any atom is -0.457 e. The van der Waals surface area contributed by atoms with Crippen LogP contribution >= 0.6 is 0 Å². The summed E-state index contributed by atoms with van der Waals surface area (Å²) in [5.74, 6) is -0.215. The first-order valence-electron chi connectivity index (χ1n) is 20.1. The number of aliphatic hydroxyl groups is 1. The largest absolute Gasteiger partial charge is 0.457 e. The van der Waals surface area contributed by atoms with Crippen LogP contribution in [0.4, 0.5) is 0 Å².